The summed E-state index contributed by atoms with van der Waals surface area (Å²) in [6.45, 7) is 5.63. The molecule has 1 aliphatic carbocycles. The van der Waals surface area contributed by atoms with Gasteiger partial charge in [0.25, 0.3) is 0 Å². The zero-order valence-electron chi connectivity index (χ0n) is 11.8. The highest BCUT2D eigenvalue weighted by Gasteiger charge is 2.30. The maximum Gasteiger partial charge on any atom is 0.162 e. The molecule has 2 rings (SSSR count). The summed E-state index contributed by atoms with van der Waals surface area (Å²) in [5, 5.41) is 0. The van der Waals surface area contributed by atoms with E-state index in [4.69, 9.17) is 0 Å². The first-order chi connectivity index (χ1) is 8.81. The van der Waals surface area contributed by atoms with Crippen LogP contribution in [0, 0.1) is 5.92 Å². The van der Waals surface area contributed by atoms with E-state index in [-0.39, 0.29) is 0 Å². The van der Waals surface area contributed by atoms with Crippen molar-refractivity contribution < 1.29 is 4.79 Å². The summed E-state index contributed by atoms with van der Waals surface area (Å²) in [5.41, 5.74) is 1.13. The first kappa shape index (κ1) is 13.8. The molecule has 0 amide bonds. The highest BCUT2D eigenvalue weighted by atomic mass is 16.1. The van der Waals surface area contributed by atoms with Crippen LogP contribution in [0.2, 0.25) is 0 Å². The topological polar surface area (TPSA) is 20.3 Å². The van der Waals surface area contributed by atoms with Gasteiger partial charge in [-0.3, -0.25) is 4.79 Å². The fourth-order valence-corrected chi connectivity index (χ4v) is 3.16. The van der Waals surface area contributed by atoms with Gasteiger partial charge < -0.3 is 4.90 Å². The molecule has 1 saturated carbocycles. The molecule has 0 aromatic heterocycles. The molecule has 0 bridgehead atoms. The third-order valence-electron chi connectivity index (χ3n) is 4.33. The molecule has 0 spiro atoms. The van der Waals surface area contributed by atoms with E-state index < -0.39 is 0 Å². The molecule has 2 fully saturated rings. The quantitative estimate of drug-likeness (QED) is 0.548. The highest BCUT2D eigenvalue weighted by Crippen LogP contribution is 2.28. The molecule has 1 aliphatic heterocycles. The van der Waals surface area contributed by atoms with Crippen molar-refractivity contribution >= 4 is 5.78 Å². The summed E-state index contributed by atoms with van der Waals surface area (Å²) >= 11 is 0. The fraction of sp³-hybridized carbons (Fsp3) is 0.812. The molecule has 1 saturated heterocycles. The number of hydrogen-bond donors (Lipinski definition) is 0. The van der Waals surface area contributed by atoms with E-state index in [0.29, 0.717) is 11.7 Å². The summed E-state index contributed by atoms with van der Waals surface area (Å²) in [5.74, 6) is 0.757. The Morgan fingerprint density at radius 2 is 2.06 bits per heavy atom. The summed E-state index contributed by atoms with van der Waals surface area (Å²) < 4.78 is 0. The Morgan fingerprint density at radius 3 is 2.78 bits per heavy atom. The normalized spacial score (nSPS) is 28.2. The van der Waals surface area contributed by atoms with Crippen LogP contribution < -0.4 is 0 Å². The molecule has 0 aromatic carbocycles. The minimum Gasteiger partial charge on any atom is -0.303 e. The lowest BCUT2D eigenvalue weighted by atomic mass is 10.0. The van der Waals surface area contributed by atoms with Crippen molar-refractivity contribution in [2.75, 3.05) is 19.6 Å². The maximum atomic E-state index is 12.3. The van der Waals surface area contributed by atoms with Gasteiger partial charge in [-0.2, -0.15) is 0 Å². The van der Waals surface area contributed by atoms with Crippen molar-refractivity contribution in [3.05, 3.63) is 11.6 Å². The Hall–Kier alpha value is -0.630. The number of allylic oxidation sites excluding steroid dienone is 2. The van der Waals surface area contributed by atoms with Gasteiger partial charge in [-0.15, -0.1) is 0 Å². The second-order valence-corrected chi connectivity index (χ2v) is 5.83. The van der Waals surface area contributed by atoms with Crippen LogP contribution in [-0.2, 0) is 4.79 Å². The van der Waals surface area contributed by atoms with E-state index in [0.717, 1.165) is 31.4 Å². The number of piperidine rings is 1. The van der Waals surface area contributed by atoms with E-state index in [1.807, 2.05) is 0 Å². The lowest BCUT2D eigenvalue weighted by Crippen LogP contribution is -2.35. The van der Waals surface area contributed by atoms with Crippen molar-refractivity contribution in [3.63, 3.8) is 0 Å². The smallest absolute Gasteiger partial charge is 0.162 e. The monoisotopic (exact) mass is 249 g/mol. The molecular weight excluding hydrogens is 222 g/mol. The van der Waals surface area contributed by atoms with Gasteiger partial charge in [-0.25, -0.2) is 0 Å². The lowest BCUT2D eigenvalue weighted by molar-refractivity contribution is -0.118. The number of carbonyl (C=O) groups excluding carboxylic acids is 1. The number of likely N-dealkylation sites (tertiary alicyclic amines) is 1. The Bertz CT molecular complexity index is 302. The van der Waals surface area contributed by atoms with Crippen molar-refractivity contribution in [3.8, 4) is 0 Å². The lowest BCUT2D eigenvalue weighted by Gasteiger charge is -2.28. The zero-order valence-corrected chi connectivity index (χ0v) is 11.8. The SMILES string of the molecule is CCCC/C=C1\CC[C@H](CN2CCCCC2)C1=O. The molecule has 0 radical (unpaired) electrons. The Kier molecular flexibility index (Phi) is 5.43. The number of hydrogen-bond acceptors (Lipinski definition) is 2. The Balaban J connectivity index is 1.80. The number of rotatable bonds is 5. The Morgan fingerprint density at radius 1 is 1.28 bits per heavy atom. The maximum absolute atomic E-state index is 12.3. The molecule has 18 heavy (non-hydrogen) atoms. The third kappa shape index (κ3) is 3.68. The van der Waals surface area contributed by atoms with Gasteiger partial charge in [-0.05, 0) is 50.8 Å². The van der Waals surface area contributed by atoms with Crippen molar-refractivity contribution in [2.45, 2.75) is 58.3 Å². The van der Waals surface area contributed by atoms with Gasteiger partial charge in [0, 0.05) is 12.5 Å². The zero-order chi connectivity index (χ0) is 12.8. The van der Waals surface area contributed by atoms with E-state index in [9.17, 15) is 4.79 Å². The summed E-state index contributed by atoms with van der Waals surface area (Å²) in [4.78, 5) is 14.8. The predicted molar refractivity (Wildman–Crippen MR) is 75.6 cm³/mol. The molecule has 0 N–H and O–H groups in total. The second kappa shape index (κ2) is 7.08. The molecular formula is C16H27NO. The van der Waals surface area contributed by atoms with Gasteiger partial charge in [-0.1, -0.05) is 32.3 Å². The highest BCUT2D eigenvalue weighted by molar-refractivity contribution is 5.99. The molecule has 2 aliphatic rings. The average molecular weight is 249 g/mol. The minimum atomic E-state index is 0.302. The number of nitrogens with zero attached hydrogens (tertiary/aromatic N) is 1. The third-order valence-corrected chi connectivity index (χ3v) is 4.33. The van der Waals surface area contributed by atoms with E-state index >= 15 is 0 Å². The van der Waals surface area contributed by atoms with E-state index in [1.54, 1.807) is 0 Å². The van der Waals surface area contributed by atoms with Crippen LogP contribution in [0.1, 0.15) is 58.3 Å². The largest absolute Gasteiger partial charge is 0.303 e. The number of carbonyl (C=O) groups is 1. The number of unbranched alkanes of at least 4 members (excludes halogenated alkanes) is 2. The molecule has 1 atom stereocenters. The van der Waals surface area contributed by atoms with Crippen LogP contribution in [0.25, 0.3) is 0 Å². The number of Topliss-reactive ketones (excluding diaryl/α,β-unsaturated/α-hetero) is 1. The van der Waals surface area contributed by atoms with Gasteiger partial charge >= 0.3 is 0 Å². The van der Waals surface area contributed by atoms with Crippen LogP contribution >= 0.6 is 0 Å². The average Bonchev–Trinajstić information content (AvgIpc) is 2.73. The van der Waals surface area contributed by atoms with Gasteiger partial charge in [0.1, 0.15) is 0 Å². The van der Waals surface area contributed by atoms with Gasteiger partial charge in [0.2, 0.25) is 0 Å². The first-order valence-electron chi connectivity index (χ1n) is 7.77. The van der Waals surface area contributed by atoms with Gasteiger partial charge in [0.15, 0.2) is 5.78 Å². The van der Waals surface area contributed by atoms with E-state index in [1.165, 1.54) is 45.2 Å². The van der Waals surface area contributed by atoms with Crippen LogP contribution in [-0.4, -0.2) is 30.3 Å². The molecule has 0 aromatic rings. The van der Waals surface area contributed by atoms with Crippen molar-refractivity contribution in [1.29, 1.82) is 0 Å². The molecule has 2 nitrogen and oxygen atoms in total. The van der Waals surface area contributed by atoms with Gasteiger partial charge in [0.05, 0.1) is 0 Å². The molecule has 1 heterocycles. The summed E-state index contributed by atoms with van der Waals surface area (Å²) in [7, 11) is 0. The van der Waals surface area contributed by atoms with Crippen molar-refractivity contribution in [1.82, 2.24) is 4.90 Å². The minimum absolute atomic E-state index is 0.302. The van der Waals surface area contributed by atoms with Crippen molar-refractivity contribution in [2.24, 2.45) is 5.92 Å². The van der Waals surface area contributed by atoms with Crippen LogP contribution in [0.5, 0.6) is 0 Å². The summed E-state index contributed by atoms with van der Waals surface area (Å²) in [6.07, 6.45) is 11.9. The fourth-order valence-electron chi connectivity index (χ4n) is 3.16. The first-order valence-corrected chi connectivity index (χ1v) is 7.77. The van der Waals surface area contributed by atoms with Crippen LogP contribution in [0.3, 0.4) is 0 Å². The van der Waals surface area contributed by atoms with E-state index in [2.05, 4.69) is 17.9 Å². The standard InChI is InChI=1S/C16H27NO/c1-2-3-5-8-14-9-10-15(16(14)18)13-17-11-6-4-7-12-17/h8,15H,2-7,9-13H2,1H3/b14-8+/t15-/m1/s1. The molecule has 102 valence electrons. The Labute approximate surface area is 111 Å². The molecule has 0 unspecified atom stereocenters. The van der Waals surface area contributed by atoms with Crippen LogP contribution in [0.4, 0.5) is 0 Å². The predicted octanol–water partition coefficient (Wildman–Crippen LogP) is 3.57. The number of ketones is 1. The summed E-state index contributed by atoms with van der Waals surface area (Å²) in [6, 6.07) is 0. The second-order valence-electron chi connectivity index (χ2n) is 5.83. The van der Waals surface area contributed by atoms with Crippen LogP contribution in [0.15, 0.2) is 11.6 Å². The molecule has 2 heteroatoms.